The zero-order chi connectivity index (χ0) is 24.8. The summed E-state index contributed by atoms with van der Waals surface area (Å²) in [6, 6.07) is 13.9. The summed E-state index contributed by atoms with van der Waals surface area (Å²) in [4.78, 5) is 50.3. The number of hydrogen-bond acceptors (Lipinski definition) is 10. The minimum absolute atomic E-state index is 0.315. The van der Waals surface area contributed by atoms with Crippen LogP contribution >= 0.6 is 47.0 Å². The van der Waals surface area contributed by atoms with Gasteiger partial charge in [-0.25, -0.2) is 0 Å². The summed E-state index contributed by atoms with van der Waals surface area (Å²) in [6.45, 7) is 1.29. The highest BCUT2D eigenvalue weighted by Gasteiger charge is 2.17. The predicted octanol–water partition coefficient (Wildman–Crippen LogP) is 4.75. The average Bonchev–Trinajstić information content (AvgIpc) is 2.88. The molecule has 0 saturated heterocycles. The zero-order valence-electron chi connectivity index (χ0n) is 18.9. The molecular weight excluding hydrogens is 513 g/mol. The van der Waals surface area contributed by atoms with Crippen LogP contribution in [0.1, 0.15) is 20.7 Å². The quantitative estimate of drug-likeness (QED) is 0.137. The number of ether oxygens (including phenoxy) is 2. The Morgan fingerprint density at radius 2 is 0.941 bits per heavy atom. The molecule has 0 aliphatic heterocycles. The van der Waals surface area contributed by atoms with Gasteiger partial charge in [0.15, 0.2) is 0 Å². The van der Waals surface area contributed by atoms with Gasteiger partial charge >= 0.3 is 0 Å². The van der Waals surface area contributed by atoms with Gasteiger partial charge in [0.25, 0.3) is 10.2 Å². The number of carbonyl (C=O) groups excluding carboxylic acids is 4. The molecule has 0 saturated carbocycles. The van der Waals surface area contributed by atoms with Crippen LogP contribution in [-0.2, 0) is 19.1 Å². The highest BCUT2D eigenvalue weighted by atomic mass is 32.2. The highest BCUT2D eigenvalue weighted by Crippen LogP contribution is 2.18. The van der Waals surface area contributed by atoms with Gasteiger partial charge in [0, 0.05) is 32.4 Å². The summed E-state index contributed by atoms with van der Waals surface area (Å²) >= 11 is 5.01. The fourth-order valence-corrected chi connectivity index (χ4v) is 4.65. The van der Waals surface area contributed by atoms with Gasteiger partial charge in [0.05, 0.1) is 26.4 Å². The number of hydrogen-bond donors (Lipinski definition) is 0. The van der Waals surface area contributed by atoms with Crippen molar-refractivity contribution in [2.45, 2.75) is 9.79 Å². The van der Waals surface area contributed by atoms with Gasteiger partial charge in [-0.05, 0) is 61.0 Å². The molecule has 0 heterocycles. The van der Waals surface area contributed by atoms with Crippen molar-refractivity contribution in [3.63, 3.8) is 0 Å². The second-order valence-electron chi connectivity index (χ2n) is 6.61. The van der Waals surface area contributed by atoms with Crippen molar-refractivity contribution < 1.29 is 28.7 Å². The van der Waals surface area contributed by atoms with Gasteiger partial charge in [-0.1, -0.05) is 23.5 Å². The maximum absolute atomic E-state index is 12.1. The Morgan fingerprint density at radius 3 is 1.26 bits per heavy atom. The Morgan fingerprint density at radius 1 is 0.588 bits per heavy atom. The van der Waals surface area contributed by atoms with E-state index in [0.29, 0.717) is 49.1 Å². The van der Waals surface area contributed by atoms with Crippen LogP contribution in [0.3, 0.4) is 0 Å². The van der Waals surface area contributed by atoms with E-state index in [0.717, 1.165) is 33.3 Å². The van der Waals surface area contributed by atoms with Crippen molar-refractivity contribution in [1.29, 1.82) is 0 Å². The summed E-state index contributed by atoms with van der Waals surface area (Å²) in [5, 5.41) is -1.01. The lowest BCUT2D eigenvalue weighted by molar-refractivity contribution is -0.108. The molecule has 0 aliphatic rings. The fourth-order valence-electron chi connectivity index (χ4n) is 2.56. The maximum atomic E-state index is 12.1. The first-order valence-electron chi connectivity index (χ1n) is 10.3. The van der Waals surface area contributed by atoms with E-state index in [4.69, 9.17) is 9.47 Å². The molecule has 0 unspecified atom stereocenters. The van der Waals surface area contributed by atoms with Gasteiger partial charge in [-0.15, -0.1) is 23.5 Å². The summed E-state index contributed by atoms with van der Waals surface area (Å²) in [5.41, 5.74) is 0.771. The summed E-state index contributed by atoms with van der Waals surface area (Å²) in [5.74, 6) is -0.276. The van der Waals surface area contributed by atoms with Crippen molar-refractivity contribution in [2.24, 2.45) is 0 Å². The lowest BCUT2D eigenvalue weighted by Crippen LogP contribution is -2.14. The number of thioether (sulfide) groups is 4. The van der Waals surface area contributed by atoms with Crippen molar-refractivity contribution in [3.8, 4) is 0 Å². The third-order valence-electron chi connectivity index (χ3n) is 4.37. The molecule has 2 rings (SSSR count). The van der Waals surface area contributed by atoms with Crippen molar-refractivity contribution in [2.75, 3.05) is 50.4 Å². The Balaban J connectivity index is 1.49. The lowest BCUT2D eigenvalue weighted by atomic mass is 10.1. The third kappa shape index (κ3) is 9.97. The van der Waals surface area contributed by atoms with E-state index in [2.05, 4.69) is 0 Å². The van der Waals surface area contributed by atoms with Crippen LogP contribution in [-0.4, -0.2) is 72.2 Å². The smallest absolute Gasteiger partial charge is 0.260 e. The molecule has 0 N–H and O–H groups in total. The molecule has 182 valence electrons. The van der Waals surface area contributed by atoms with E-state index in [1.807, 2.05) is 36.8 Å². The first-order chi connectivity index (χ1) is 16.5. The minimum atomic E-state index is -0.511. The van der Waals surface area contributed by atoms with Crippen LogP contribution in [0.15, 0.2) is 58.3 Å². The van der Waals surface area contributed by atoms with Gasteiger partial charge in [-0.2, -0.15) is 0 Å². The van der Waals surface area contributed by atoms with E-state index in [1.54, 1.807) is 47.8 Å². The molecule has 0 aliphatic carbocycles. The number of rotatable bonds is 15. The van der Waals surface area contributed by atoms with Crippen molar-refractivity contribution in [3.05, 3.63) is 59.7 Å². The molecule has 2 aromatic carbocycles. The second kappa shape index (κ2) is 16.2. The molecular formula is C24H26O6S4. The largest absolute Gasteiger partial charge is 0.378 e. The monoisotopic (exact) mass is 538 g/mol. The topological polar surface area (TPSA) is 86.7 Å². The molecule has 6 nitrogen and oxygen atoms in total. The minimum Gasteiger partial charge on any atom is -0.378 e. The fraction of sp³-hybridized carbons (Fsp3) is 0.333. The highest BCUT2D eigenvalue weighted by molar-refractivity contribution is 8.15. The predicted molar refractivity (Wildman–Crippen MR) is 142 cm³/mol. The summed E-state index contributed by atoms with van der Waals surface area (Å²) in [7, 11) is 0. The van der Waals surface area contributed by atoms with Crippen LogP contribution in [0.25, 0.3) is 0 Å². The Kier molecular flexibility index (Phi) is 13.6. The zero-order valence-corrected chi connectivity index (χ0v) is 22.2. The van der Waals surface area contributed by atoms with Crippen LogP contribution < -0.4 is 0 Å². The van der Waals surface area contributed by atoms with Crippen LogP contribution in [0, 0.1) is 0 Å². The standard InChI is InChI=1S/C24H26O6S4/c1-31-19-7-3-17(4-8-19)21(25)23(27)33-15-13-29-11-12-30-14-16-34-24(28)22(26)18-5-9-20(32-2)10-6-18/h3-10H,11-16H2,1-2H3. The molecule has 0 spiro atoms. The maximum Gasteiger partial charge on any atom is 0.260 e. The molecule has 0 amide bonds. The normalized spacial score (nSPS) is 10.8. The summed E-state index contributed by atoms with van der Waals surface area (Å²) < 4.78 is 10.8. The SMILES string of the molecule is CSc1ccc(C(=O)C(=O)SCCOCCOCCSC(=O)C(=O)c2ccc(SC)cc2)cc1. The lowest BCUT2D eigenvalue weighted by Gasteiger charge is -2.06. The number of benzene rings is 2. The van der Waals surface area contributed by atoms with E-state index < -0.39 is 21.8 Å². The molecule has 10 heteroatoms. The van der Waals surface area contributed by atoms with Gasteiger partial charge in [0.1, 0.15) is 0 Å². The number of Topliss-reactive ketones (excluding diaryl/α,β-unsaturated/α-hetero) is 2. The van der Waals surface area contributed by atoms with Crippen LogP contribution in [0.2, 0.25) is 0 Å². The first kappa shape index (κ1) is 28.7. The van der Waals surface area contributed by atoms with E-state index in [1.165, 1.54) is 0 Å². The van der Waals surface area contributed by atoms with E-state index in [9.17, 15) is 19.2 Å². The molecule has 2 aromatic rings. The second-order valence-corrected chi connectivity index (χ2v) is 10.5. The van der Waals surface area contributed by atoms with Crippen LogP contribution in [0.4, 0.5) is 0 Å². The summed E-state index contributed by atoms with van der Waals surface area (Å²) in [6.07, 6.45) is 3.89. The van der Waals surface area contributed by atoms with Gasteiger partial charge < -0.3 is 9.47 Å². The van der Waals surface area contributed by atoms with E-state index in [-0.39, 0.29) is 0 Å². The average molecular weight is 539 g/mol. The Hall–Kier alpha value is -1.56. The van der Waals surface area contributed by atoms with Crippen molar-refractivity contribution in [1.82, 2.24) is 0 Å². The number of carbonyl (C=O) groups is 4. The molecule has 0 bridgehead atoms. The van der Waals surface area contributed by atoms with E-state index >= 15 is 0 Å². The van der Waals surface area contributed by atoms with Crippen molar-refractivity contribution >= 4 is 68.8 Å². The molecule has 0 aromatic heterocycles. The first-order valence-corrected chi connectivity index (χ1v) is 14.7. The number of ketones is 2. The Bertz CT molecular complexity index is 881. The molecule has 34 heavy (non-hydrogen) atoms. The molecule has 0 atom stereocenters. The molecule has 0 fully saturated rings. The van der Waals surface area contributed by atoms with Gasteiger partial charge in [0.2, 0.25) is 11.6 Å². The third-order valence-corrected chi connectivity index (χ3v) is 7.49. The van der Waals surface area contributed by atoms with Crippen LogP contribution in [0.5, 0.6) is 0 Å². The Labute approximate surface area is 216 Å². The molecule has 0 radical (unpaired) electrons. The van der Waals surface area contributed by atoms with Gasteiger partial charge in [-0.3, -0.25) is 19.2 Å².